The van der Waals surface area contributed by atoms with Crippen molar-refractivity contribution in [2.24, 2.45) is 5.92 Å². The lowest BCUT2D eigenvalue weighted by molar-refractivity contribution is -0.122. The molecule has 0 spiro atoms. The fourth-order valence-electron chi connectivity index (χ4n) is 3.47. The van der Waals surface area contributed by atoms with Crippen molar-refractivity contribution in [3.05, 3.63) is 0 Å². The van der Waals surface area contributed by atoms with E-state index in [-0.39, 0.29) is 5.91 Å². The summed E-state index contributed by atoms with van der Waals surface area (Å²) in [5.74, 6) is 2.24. The van der Waals surface area contributed by atoms with E-state index in [1.165, 1.54) is 44.3 Å². The van der Waals surface area contributed by atoms with Crippen LogP contribution in [-0.2, 0) is 4.79 Å². The minimum absolute atomic E-state index is 0.288. The monoisotopic (exact) mass is 298 g/mol. The molecule has 1 heterocycles. The quantitative estimate of drug-likeness (QED) is 0.792. The van der Waals surface area contributed by atoms with Gasteiger partial charge in [0.1, 0.15) is 0 Å². The Morgan fingerprint density at radius 3 is 2.80 bits per heavy atom. The molecular weight excluding hydrogens is 268 g/mol. The van der Waals surface area contributed by atoms with E-state index in [1.54, 1.807) is 0 Å². The first-order valence-electron chi connectivity index (χ1n) is 8.39. The van der Waals surface area contributed by atoms with Crippen LogP contribution in [0.2, 0.25) is 0 Å². The fourth-order valence-corrected chi connectivity index (χ4v) is 4.64. The molecule has 2 aliphatic rings. The number of piperidine rings is 1. The number of carbonyl (C=O) groups excluding carboxylic acids is 1. The molecule has 2 unspecified atom stereocenters. The van der Waals surface area contributed by atoms with Gasteiger partial charge in [0.05, 0.1) is 0 Å². The number of amides is 1. The highest BCUT2D eigenvalue weighted by Crippen LogP contribution is 2.28. The van der Waals surface area contributed by atoms with Gasteiger partial charge < -0.3 is 10.6 Å². The molecule has 4 heteroatoms. The van der Waals surface area contributed by atoms with Gasteiger partial charge in [0, 0.05) is 17.7 Å². The topological polar surface area (TPSA) is 41.1 Å². The highest BCUT2D eigenvalue weighted by Gasteiger charge is 2.23. The van der Waals surface area contributed by atoms with Crippen molar-refractivity contribution in [1.29, 1.82) is 0 Å². The maximum Gasteiger partial charge on any atom is 0.220 e. The molecule has 0 radical (unpaired) electrons. The summed E-state index contributed by atoms with van der Waals surface area (Å²) in [5.41, 5.74) is 0. The zero-order valence-corrected chi connectivity index (χ0v) is 13.6. The van der Waals surface area contributed by atoms with Crippen molar-refractivity contribution in [3.8, 4) is 0 Å². The van der Waals surface area contributed by atoms with Gasteiger partial charge in [-0.05, 0) is 63.3 Å². The Kier molecular flexibility index (Phi) is 7.22. The van der Waals surface area contributed by atoms with Crippen LogP contribution in [0.4, 0.5) is 0 Å². The van der Waals surface area contributed by atoms with Gasteiger partial charge in [-0.3, -0.25) is 4.79 Å². The number of nitrogens with one attached hydrogen (secondary N) is 2. The van der Waals surface area contributed by atoms with E-state index in [0.29, 0.717) is 6.04 Å². The Balaban J connectivity index is 1.63. The molecule has 2 rings (SSSR count). The van der Waals surface area contributed by atoms with E-state index in [4.69, 9.17) is 0 Å². The van der Waals surface area contributed by atoms with Crippen LogP contribution in [0.1, 0.15) is 58.3 Å². The number of rotatable bonds is 6. The standard InChI is InChI=1S/C16H30N2OS/c1-2-20-15-5-3-4-14(12-15)18-16(19)7-6-13-8-10-17-11-9-13/h13-15,17H,2-12H2,1H3,(H,18,19). The van der Waals surface area contributed by atoms with Crippen molar-refractivity contribution >= 4 is 17.7 Å². The van der Waals surface area contributed by atoms with Crippen LogP contribution >= 0.6 is 11.8 Å². The summed E-state index contributed by atoms with van der Waals surface area (Å²) in [4.78, 5) is 12.1. The summed E-state index contributed by atoms with van der Waals surface area (Å²) in [5, 5.41) is 7.43. The van der Waals surface area contributed by atoms with Crippen LogP contribution in [0.5, 0.6) is 0 Å². The van der Waals surface area contributed by atoms with Crippen molar-refractivity contribution < 1.29 is 4.79 Å². The Labute approximate surface area is 128 Å². The average Bonchev–Trinajstić information content (AvgIpc) is 2.47. The molecule has 2 fully saturated rings. The predicted molar refractivity (Wildman–Crippen MR) is 87.1 cm³/mol. The van der Waals surface area contributed by atoms with Crippen LogP contribution in [-0.4, -0.2) is 36.0 Å². The SMILES string of the molecule is CCSC1CCCC(NC(=O)CCC2CCNCC2)C1. The first-order valence-corrected chi connectivity index (χ1v) is 9.44. The third kappa shape index (κ3) is 5.65. The van der Waals surface area contributed by atoms with Crippen LogP contribution in [0.3, 0.4) is 0 Å². The Morgan fingerprint density at radius 2 is 2.05 bits per heavy atom. The van der Waals surface area contributed by atoms with E-state index in [2.05, 4.69) is 29.3 Å². The lowest BCUT2D eigenvalue weighted by Gasteiger charge is -2.29. The minimum Gasteiger partial charge on any atom is -0.353 e. The molecular formula is C16H30N2OS. The maximum absolute atomic E-state index is 12.1. The van der Waals surface area contributed by atoms with E-state index >= 15 is 0 Å². The number of thioether (sulfide) groups is 1. The molecule has 1 saturated heterocycles. The molecule has 0 aromatic heterocycles. The molecule has 1 aliphatic heterocycles. The Bertz CT molecular complexity index is 290. The van der Waals surface area contributed by atoms with Crippen molar-refractivity contribution in [2.45, 2.75) is 69.6 Å². The van der Waals surface area contributed by atoms with E-state index in [0.717, 1.165) is 37.1 Å². The number of hydrogen-bond acceptors (Lipinski definition) is 3. The van der Waals surface area contributed by atoms with Gasteiger partial charge >= 0.3 is 0 Å². The highest BCUT2D eigenvalue weighted by molar-refractivity contribution is 7.99. The summed E-state index contributed by atoms with van der Waals surface area (Å²) in [6.45, 7) is 4.49. The molecule has 0 aromatic rings. The largest absolute Gasteiger partial charge is 0.353 e. The third-order valence-corrected chi connectivity index (χ3v) is 5.86. The third-order valence-electron chi connectivity index (χ3n) is 4.63. The minimum atomic E-state index is 0.288. The first-order chi connectivity index (χ1) is 9.78. The molecule has 116 valence electrons. The highest BCUT2D eigenvalue weighted by atomic mass is 32.2. The molecule has 20 heavy (non-hydrogen) atoms. The van der Waals surface area contributed by atoms with E-state index in [1.807, 2.05) is 0 Å². The zero-order valence-electron chi connectivity index (χ0n) is 12.8. The molecule has 2 N–H and O–H groups in total. The molecule has 1 saturated carbocycles. The van der Waals surface area contributed by atoms with Gasteiger partial charge in [-0.1, -0.05) is 13.3 Å². The van der Waals surface area contributed by atoms with Crippen LogP contribution in [0.15, 0.2) is 0 Å². The second-order valence-electron chi connectivity index (χ2n) is 6.24. The normalized spacial score (nSPS) is 28.2. The van der Waals surface area contributed by atoms with Gasteiger partial charge in [-0.25, -0.2) is 0 Å². The summed E-state index contributed by atoms with van der Waals surface area (Å²) in [6.07, 6.45) is 9.26. The molecule has 0 bridgehead atoms. The second-order valence-corrected chi connectivity index (χ2v) is 7.82. The molecule has 1 amide bonds. The smallest absolute Gasteiger partial charge is 0.220 e. The van der Waals surface area contributed by atoms with Crippen molar-refractivity contribution in [1.82, 2.24) is 10.6 Å². The number of carbonyl (C=O) groups is 1. The molecule has 1 aliphatic carbocycles. The van der Waals surface area contributed by atoms with Gasteiger partial charge in [-0.2, -0.15) is 11.8 Å². The summed E-state index contributed by atoms with van der Waals surface area (Å²) in [6, 6.07) is 0.438. The predicted octanol–water partition coefficient (Wildman–Crippen LogP) is 2.95. The maximum atomic E-state index is 12.1. The second kappa shape index (κ2) is 8.93. The fraction of sp³-hybridized carbons (Fsp3) is 0.938. The lowest BCUT2D eigenvalue weighted by atomic mass is 9.92. The average molecular weight is 298 g/mol. The molecule has 2 atom stereocenters. The van der Waals surface area contributed by atoms with Crippen LogP contribution < -0.4 is 10.6 Å². The number of hydrogen-bond donors (Lipinski definition) is 2. The van der Waals surface area contributed by atoms with Gasteiger partial charge in [-0.15, -0.1) is 0 Å². The van der Waals surface area contributed by atoms with E-state index in [9.17, 15) is 4.79 Å². The first kappa shape index (κ1) is 16.2. The van der Waals surface area contributed by atoms with Crippen molar-refractivity contribution in [2.75, 3.05) is 18.8 Å². The Hall–Kier alpha value is -0.220. The van der Waals surface area contributed by atoms with Crippen LogP contribution in [0.25, 0.3) is 0 Å². The molecule has 3 nitrogen and oxygen atoms in total. The zero-order chi connectivity index (χ0) is 14.2. The van der Waals surface area contributed by atoms with Gasteiger partial charge in [0.15, 0.2) is 0 Å². The summed E-state index contributed by atoms with van der Waals surface area (Å²) < 4.78 is 0. The van der Waals surface area contributed by atoms with Crippen LogP contribution in [0, 0.1) is 5.92 Å². The van der Waals surface area contributed by atoms with Gasteiger partial charge in [0.2, 0.25) is 5.91 Å². The summed E-state index contributed by atoms with van der Waals surface area (Å²) in [7, 11) is 0. The van der Waals surface area contributed by atoms with E-state index < -0.39 is 0 Å². The Morgan fingerprint density at radius 1 is 1.25 bits per heavy atom. The van der Waals surface area contributed by atoms with Crippen molar-refractivity contribution in [3.63, 3.8) is 0 Å². The summed E-state index contributed by atoms with van der Waals surface area (Å²) >= 11 is 2.06. The van der Waals surface area contributed by atoms with Gasteiger partial charge in [0.25, 0.3) is 0 Å². The molecule has 0 aromatic carbocycles. The lowest BCUT2D eigenvalue weighted by Crippen LogP contribution is -2.39.